The molecule has 2 heterocycles. The van der Waals surface area contributed by atoms with Crippen molar-refractivity contribution in [3.05, 3.63) is 56.9 Å². The molecule has 1 fully saturated rings. The topological polar surface area (TPSA) is 96.2 Å². The number of aryl methyl sites for hydroxylation is 1. The number of ether oxygens (including phenoxy) is 1. The van der Waals surface area contributed by atoms with Crippen LogP contribution in [0, 0.1) is 6.92 Å². The monoisotopic (exact) mass is 502 g/mol. The Balaban J connectivity index is 1.42. The van der Waals surface area contributed by atoms with Gasteiger partial charge in [-0.25, -0.2) is 5.43 Å². The molecule has 9 heteroatoms. The number of morpholine rings is 1. The predicted octanol–water partition coefficient (Wildman–Crippen LogP) is 2.88. The van der Waals surface area contributed by atoms with Crippen LogP contribution in [0.1, 0.15) is 50.6 Å². The quantitative estimate of drug-likeness (QED) is 0.592. The van der Waals surface area contributed by atoms with Gasteiger partial charge in [0.1, 0.15) is 5.76 Å². The normalized spacial score (nSPS) is 17.8. The first-order valence-electron chi connectivity index (χ1n) is 10.9. The summed E-state index contributed by atoms with van der Waals surface area (Å²) >= 11 is 3.36. The number of hydrazone groups is 1. The number of rotatable bonds is 6. The molecular formula is C23H27BrN4O4. The van der Waals surface area contributed by atoms with Crippen LogP contribution >= 0.6 is 15.9 Å². The minimum Gasteiger partial charge on any atom is -0.455 e. The molecule has 1 saturated heterocycles. The smallest absolute Gasteiger partial charge is 0.287 e. The van der Waals surface area contributed by atoms with Crippen molar-refractivity contribution in [2.24, 2.45) is 5.10 Å². The van der Waals surface area contributed by atoms with Crippen LogP contribution in [0.5, 0.6) is 0 Å². The third kappa shape index (κ3) is 5.28. The second-order valence-electron chi connectivity index (χ2n) is 7.92. The number of amides is 2. The van der Waals surface area contributed by atoms with Gasteiger partial charge in [-0.05, 0) is 44.0 Å². The summed E-state index contributed by atoms with van der Waals surface area (Å²) in [7, 11) is 0. The maximum Gasteiger partial charge on any atom is 0.287 e. The summed E-state index contributed by atoms with van der Waals surface area (Å²) in [5.41, 5.74) is 5.51. The molecule has 0 saturated carbocycles. The highest BCUT2D eigenvalue weighted by molar-refractivity contribution is 9.10. The second-order valence-corrected chi connectivity index (χ2v) is 8.84. The lowest BCUT2D eigenvalue weighted by Crippen LogP contribution is -2.41. The van der Waals surface area contributed by atoms with Crippen molar-refractivity contribution >= 4 is 33.5 Å². The number of nitrogens with one attached hydrogen (secondary N) is 2. The standard InChI is InChI=1S/C23H27BrN4O4/c1-15-20-18(26-27-22(29)16-5-7-17(24)8-6-16)3-2-4-19(20)32-21(15)23(30)25-9-10-28-11-13-31-14-12-28/h5-8H,2-4,9-14H2,1H3,(H,25,30)(H,27,29)/b26-18+. The molecule has 2 N–H and O–H groups in total. The van der Waals surface area contributed by atoms with Crippen LogP contribution in [0.3, 0.4) is 0 Å². The zero-order valence-electron chi connectivity index (χ0n) is 18.1. The molecule has 0 radical (unpaired) electrons. The molecule has 2 aliphatic rings. The molecule has 0 spiro atoms. The lowest BCUT2D eigenvalue weighted by Gasteiger charge is -2.26. The van der Waals surface area contributed by atoms with Crippen molar-refractivity contribution in [2.45, 2.75) is 26.2 Å². The van der Waals surface area contributed by atoms with E-state index in [9.17, 15) is 9.59 Å². The first-order valence-corrected chi connectivity index (χ1v) is 11.7. The molecule has 4 rings (SSSR count). The molecular weight excluding hydrogens is 476 g/mol. The van der Waals surface area contributed by atoms with Gasteiger partial charge in [-0.2, -0.15) is 5.10 Å². The molecule has 1 aromatic heterocycles. The van der Waals surface area contributed by atoms with Gasteiger partial charge < -0.3 is 14.5 Å². The van der Waals surface area contributed by atoms with E-state index >= 15 is 0 Å². The van der Waals surface area contributed by atoms with Gasteiger partial charge in [-0.1, -0.05) is 15.9 Å². The average Bonchev–Trinajstić information content (AvgIpc) is 3.16. The summed E-state index contributed by atoms with van der Waals surface area (Å²) < 4.78 is 12.2. The van der Waals surface area contributed by atoms with Crippen molar-refractivity contribution in [1.82, 2.24) is 15.6 Å². The van der Waals surface area contributed by atoms with Crippen molar-refractivity contribution in [3.8, 4) is 0 Å². The van der Waals surface area contributed by atoms with E-state index in [-0.39, 0.29) is 11.8 Å². The Labute approximate surface area is 195 Å². The van der Waals surface area contributed by atoms with E-state index in [1.807, 2.05) is 19.1 Å². The minimum absolute atomic E-state index is 0.219. The molecule has 1 aromatic carbocycles. The number of fused-ring (bicyclic) bond motifs is 1. The number of carbonyl (C=O) groups excluding carboxylic acids is 2. The van der Waals surface area contributed by atoms with Crippen LogP contribution in [0.2, 0.25) is 0 Å². The Morgan fingerprint density at radius 1 is 1.12 bits per heavy atom. The third-order valence-electron chi connectivity index (χ3n) is 5.75. The highest BCUT2D eigenvalue weighted by Crippen LogP contribution is 2.29. The molecule has 170 valence electrons. The van der Waals surface area contributed by atoms with Crippen LogP contribution in [0.15, 0.2) is 38.3 Å². The molecule has 0 atom stereocenters. The summed E-state index contributed by atoms with van der Waals surface area (Å²) in [4.78, 5) is 27.4. The predicted molar refractivity (Wildman–Crippen MR) is 124 cm³/mol. The van der Waals surface area contributed by atoms with Crippen molar-refractivity contribution < 1.29 is 18.7 Å². The van der Waals surface area contributed by atoms with E-state index in [0.29, 0.717) is 24.3 Å². The third-order valence-corrected chi connectivity index (χ3v) is 6.28. The minimum atomic E-state index is -0.278. The molecule has 32 heavy (non-hydrogen) atoms. The summed E-state index contributed by atoms with van der Waals surface area (Å²) in [6.07, 6.45) is 2.31. The van der Waals surface area contributed by atoms with Gasteiger partial charge in [0.2, 0.25) is 0 Å². The molecule has 2 aromatic rings. The Morgan fingerprint density at radius 2 is 1.88 bits per heavy atom. The Morgan fingerprint density at radius 3 is 2.62 bits per heavy atom. The maximum atomic E-state index is 12.7. The first-order chi connectivity index (χ1) is 15.5. The van der Waals surface area contributed by atoms with Gasteiger partial charge in [0, 0.05) is 53.8 Å². The average molecular weight is 503 g/mol. The maximum absolute atomic E-state index is 12.7. The Bertz CT molecular complexity index is 1010. The number of hydrogen-bond acceptors (Lipinski definition) is 6. The largest absolute Gasteiger partial charge is 0.455 e. The van der Waals surface area contributed by atoms with Crippen LogP contribution in [-0.2, 0) is 11.2 Å². The van der Waals surface area contributed by atoms with Gasteiger partial charge in [-0.15, -0.1) is 0 Å². The number of hydrogen-bond donors (Lipinski definition) is 2. The molecule has 0 unspecified atom stereocenters. The zero-order chi connectivity index (χ0) is 22.5. The number of nitrogens with zero attached hydrogens (tertiary/aromatic N) is 2. The first kappa shape index (κ1) is 22.7. The molecule has 2 amide bonds. The van der Waals surface area contributed by atoms with Gasteiger partial charge in [-0.3, -0.25) is 14.5 Å². The van der Waals surface area contributed by atoms with E-state index in [1.165, 1.54) is 0 Å². The molecule has 1 aliphatic carbocycles. The highest BCUT2D eigenvalue weighted by atomic mass is 79.9. The fraction of sp³-hybridized carbons (Fsp3) is 0.435. The van der Waals surface area contributed by atoms with Crippen LogP contribution in [-0.4, -0.2) is 61.8 Å². The van der Waals surface area contributed by atoms with Crippen molar-refractivity contribution in [1.29, 1.82) is 0 Å². The van der Waals surface area contributed by atoms with Crippen molar-refractivity contribution in [2.75, 3.05) is 39.4 Å². The Hall–Kier alpha value is -2.49. The fourth-order valence-electron chi connectivity index (χ4n) is 4.01. The molecule has 0 bridgehead atoms. The van der Waals surface area contributed by atoms with Gasteiger partial charge in [0.05, 0.1) is 18.9 Å². The summed E-state index contributed by atoms with van der Waals surface area (Å²) in [5, 5.41) is 7.33. The van der Waals surface area contributed by atoms with Crippen LogP contribution < -0.4 is 10.7 Å². The summed E-state index contributed by atoms with van der Waals surface area (Å²) in [5.74, 6) is 0.581. The number of carbonyl (C=O) groups is 2. The van der Waals surface area contributed by atoms with E-state index in [0.717, 1.165) is 72.8 Å². The second kappa shape index (κ2) is 10.4. The number of benzene rings is 1. The Kier molecular flexibility index (Phi) is 7.39. The summed E-state index contributed by atoms with van der Waals surface area (Å²) in [6.45, 7) is 6.44. The fourth-order valence-corrected chi connectivity index (χ4v) is 4.28. The lowest BCUT2D eigenvalue weighted by molar-refractivity contribution is 0.0382. The molecule has 1 aliphatic heterocycles. The van der Waals surface area contributed by atoms with Gasteiger partial charge in [0.25, 0.3) is 11.8 Å². The SMILES string of the molecule is Cc1c(C(=O)NCCN2CCOCC2)oc2c1/C(=N/NC(=O)c1ccc(Br)cc1)CCC2. The van der Waals surface area contributed by atoms with Crippen molar-refractivity contribution in [3.63, 3.8) is 0 Å². The molecule has 8 nitrogen and oxygen atoms in total. The highest BCUT2D eigenvalue weighted by Gasteiger charge is 2.28. The lowest BCUT2D eigenvalue weighted by atomic mass is 9.93. The number of halogens is 1. The van der Waals surface area contributed by atoms with E-state index in [1.54, 1.807) is 12.1 Å². The zero-order valence-corrected chi connectivity index (χ0v) is 19.7. The van der Waals surface area contributed by atoms with Crippen LogP contribution in [0.25, 0.3) is 0 Å². The number of furan rings is 1. The van der Waals surface area contributed by atoms with Gasteiger partial charge >= 0.3 is 0 Å². The van der Waals surface area contributed by atoms with E-state index < -0.39 is 0 Å². The van der Waals surface area contributed by atoms with Gasteiger partial charge in [0.15, 0.2) is 5.76 Å². The van der Waals surface area contributed by atoms with Crippen LogP contribution in [0.4, 0.5) is 0 Å². The van der Waals surface area contributed by atoms with E-state index in [4.69, 9.17) is 9.15 Å². The van der Waals surface area contributed by atoms with E-state index in [2.05, 4.69) is 36.7 Å². The summed E-state index contributed by atoms with van der Waals surface area (Å²) in [6, 6.07) is 7.08.